The van der Waals surface area contributed by atoms with Gasteiger partial charge in [0.15, 0.2) is 0 Å². The highest BCUT2D eigenvalue weighted by Gasteiger charge is 2.53. The first kappa shape index (κ1) is 13.8. The topological polar surface area (TPSA) is 29.3 Å². The first-order valence-electron chi connectivity index (χ1n) is 7.32. The molecule has 0 bridgehead atoms. The van der Waals surface area contributed by atoms with Crippen LogP contribution in [-0.2, 0) is 16.1 Å². The highest BCUT2D eigenvalue weighted by atomic mass is 16.5. The van der Waals surface area contributed by atoms with Gasteiger partial charge in [-0.25, -0.2) is 0 Å². The molecule has 1 aliphatic rings. The Morgan fingerprint density at radius 2 is 1.67 bits per heavy atom. The van der Waals surface area contributed by atoms with Crippen LogP contribution >= 0.6 is 0 Å². The maximum absolute atomic E-state index is 12.1. The normalized spacial score (nSPS) is 23.6. The molecular weight excluding hydrogens is 262 g/mol. The third-order valence-electron chi connectivity index (χ3n) is 3.80. The maximum atomic E-state index is 12.1. The summed E-state index contributed by atoms with van der Waals surface area (Å²) >= 11 is 0. The van der Waals surface area contributed by atoms with Crippen LogP contribution in [0.25, 0.3) is 0 Å². The van der Waals surface area contributed by atoms with E-state index in [4.69, 9.17) is 4.74 Å². The summed E-state index contributed by atoms with van der Waals surface area (Å²) in [4.78, 5) is 14.3. The minimum Gasteiger partial charge on any atom is -0.465 e. The zero-order valence-corrected chi connectivity index (χ0v) is 12.1. The number of ether oxygens (including phenoxy) is 1. The molecule has 0 spiro atoms. The smallest absolute Gasteiger partial charge is 0.325 e. The van der Waals surface area contributed by atoms with Crippen molar-refractivity contribution in [1.82, 2.24) is 4.90 Å². The minimum atomic E-state index is -0.160. The molecule has 1 heterocycles. The van der Waals surface area contributed by atoms with Crippen LogP contribution in [0.5, 0.6) is 0 Å². The van der Waals surface area contributed by atoms with Crippen molar-refractivity contribution in [2.75, 3.05) is 6.61 Å². The summed E-state index contributed by atoms with van der Waals surface area (Å²) in [6, 6.07) is 20.3. The van der Waals surface area contributed by atoms with Gasteiger partial charge in [-0.2, -0.15) is 0 Å². The van der Waals surface area contributed by atoms with Crippen LogP contribution in [0.4, 0.5) is 0 Å². The quantitative estimate of drug-likeness (QED) is 0.622. The van der Waals surface area contributed by atoms with Gasteiger partial charge in [0.2, 0.25) is 0 Å². The molecule has 108 valence electrons. The highest BCUT2D eigenvalue weighted by molar-refractivity contribution is 5.80. The van der Waals surface area contributed by atoms with Crippen molar-refractivity contribution >= 4 is 5.97 Å². The zero-order chi connectivity index (χ0) is 14.7. The molecule has 0 aromatic heterocycles. The van der Waals surface area contributed by atoms with Gasteiger partial charge in [0.25, 0.3) is 0 Å². The molecule has 1 saturated heterocycles. The molecule has 0 N–H and O–H groups in total. The van der Waals surface area contributed by atoms with Gasteiger partial charge >= 0.3 is 5.97 Å². The molecule has 2 aromatic rings. The average molecular weight is 281 g/mol. The number of carbonyl (C=O) groups excluding carboxylic acids is 1. The molecule has 0 amide bonds. The van der Waals surface area contributed by atoms with E-state index < -0.39 is 0 Å². The van der Waals surface area contributed by atoms with Gasteiger partial charge in [-0.1, -0.05) is 60.7 Å². The molecule has 0 saturated carbocycles. The molecule has 21 heavy (non-hydrogen) atoms. The van der Waals surface area contributed by atoms with Gasteiger partial charge in [0.1, 0.15) is 6.04 Å². The van der Waals surface area contributed by atoms with E-state index in [2.05, 4.69) is 29.2 Å². The molecule has 1 fully saturated rings. The Hall–Kier alpha value is -2.13. The van der Waals surface area contributed by atoms with E-state index >= 15 is 0 Å². The average Bonchev–Trinajstić information content (AvgIpc) is 3.23. The second-order valence-electron chi connectivity index (χ2n) is 5.21. The first-order valence-corrected chi connectivity index (χ1v) is 7.32. The maximum Gasteiger partial charge on any atom is 0.325 e. The fourth-order valence-corrected chi connectivity index (χ4v) is 2.78. The highest BCUT2D eigenvalue weighted by Crippen LogP contribution is 2.44. The van der Waals surface area contributed by atoms with Gasteiger partial charge in [-0.3, -0.25) is 9.69 Å². The second kappa shape index (κ2) is 6.10. The van der Waals surface area contributed by atoms with E-state index in [-0.39, 0.29) is 18.1 Å². The van der Waals surface area contributed by atoms with Crippen LogP contribution in [0.3, 0.4) is 0 Å². The van der Waals surface area contributed by atoms with E-state index in [1.807, 2.05) is 43.3 Å². The lowest BCUT2D eigenvalue weighted by Gasteiger charge is -2.04. The Labute approximate surface area is 125 Å². The minimum absolute atomic E-state index is 0.123. The molecule has 3 heteroatoms. The molecule has 3 rings (SSSR count). The molecule has 0 aliphatic carbocycles. The number of carbonyl (C=O) groups is 1. The predicted octanol–water partition coefficient (Wildman–Crippen LogP) is 3.18. The summed E-state index contributed by atoms with van der Waals surface area (Å²) in [7, 11) is 0. The number of nitrogens with zero attached hydrogens (tertiary/aromatic N) is 1. The third kappa shape index (κ3) is 2.98. The van der Waals surface area contributed by atoms with Crippen molar-refractivity contribution in [1.29, 1.82) is 0 Å². The number of benzene rings is 2. The van der Waals surface area contributed by atoms with Crippen LogP contribution in [0.2, 0.25) is 0 Å². The largest absolute Gasteiger partial charge is 0.465 e. The summed E-state index contributed by atoms with van der Waals surface area (Å²) in [5.74, 6) is -0.123. The third-order valence-corrected chi connectivity index (χ3v) is 3.80. The molecule has 3 nitrogen and oxygen atoms in total. The summed E-state index contributed by atoms with van der Waals surface area (Å²) in [5, 5.41) is 0. The van der Waals surface area contributed by atoms with Crippen molar-refractivity contribution in [3.8, 4) is 0 Å². The Morgan fingerprint density at radius 1 is 1.05 bits per heavy atom. The zero-order valence-electron chi connectivity index (χ0n) is 12.1. The Bertz CT molecular complexity index is 597. The molecule has 2 unspecified atom stereocenters. The van der Waals surface area contributed by atoms with Gasteiger partial charge in [0, 0.05) is 6.54 Å². The van der Waals surface area contributed by atoms with Crippen LogP contribution in [0.15, 0.2) is 60.7 Å². The summed E-state index contributed by atoms with van der Waals surface area (Å²) < 4.78 is 5.20. The SMILES string of the molecule is CCOC(=O)[C@H]1C(c2ccccc2)N1Cc1ccccc1. The summed E-state index contributed by atoms with van der Waals surface area (Å²) in [6.45, 7) is 3.04. The van der Waals surface area contributed by atoms with Crippen LogP contribution in [-0.4, -0.2) is 23.5 Å². The van der Waals surface area contributed by atoms with Crippen molar-refractivity contribution in [3.63, 3.8) is 0 Å². The van der Waals surface area contributed by atoms with Crippen LogP contribution in [0, 0.1) is 0 Å². The standard InChI is InChI=1S/C18H19NO2/c1-2-21-18(20)17-16(15-11-7-4-8-12-15)19(17)13-14-9-5-3-6-10-14/h3-12,16-17H,2,13H2,1H3/t16?,17-,19?/m1/s1. The van der Waals surface area contributed by atoms with E-state index in [1.165, 1.54) is 11.1 Å². The van der Waals surface area contributed by atoms with Crippen LogP contribution < -0.4 is 0 Å². The Kier molecular flexibility index (Phi) is 4.02. The lowest BCUT2D eigenvalue weighted by molar-refractivity contribution is -0.143. The van der Waals surface area contributed by atoms with Gasteiger partial charge in [-0.15, -0.1) is 0 Å². The predicted molar refractivity (Wildman–Crippen MR) is 81.6 cm³/mol. The van der Waals surface area contributed by atoms with E-state index in [0.717, 1.165) is 6.54 Å². The molecule has 0 radical (unpaired) electrons. The van der Waals surface area contributed by atoms with Crippen molar-refractivity contribution in [2.24, 2.45) is 0 Å². The van der Waals surface area contributed by atoms with Crippen molar-refractivity contribution < 1.29 is 9.53 Å². The number of hydrogen-bond acceptors (Lipinski definition) is 3. The lowest BCUT2D eigenvalue weighted by Crippen LogP contribution is -2.16. The van der Waals surface area contributed by atoms with Crippen molar-refractivity contribution in [3.05, 3.63) is 71.8 Å². The monoisotopic (exact) mass is 281 g/mol. The Balaban J connectivity index is 1.78. The Morgan fingerprint density at radius 3 is 2.29 bits per heavy atom. The van der Waals surface area contributed by atoms with Crippen molar-refractivity contribution in [2.45, 2.75) is 25.6 Å². The summed E-state index contributed by atoms with van der Waals surface area (Å²) in [6.07, 6.45) is 0. The molecule has 2 aromatic carbocycles. The van der Waals surface area contributed by atoms with Gasteiger partial charge in [-0.05, 0) is 18.1 Å². The summed E-state index contributed by atoms with van der Waals surface area (Å²) in [5.41, 5.74) is 2.39. The number of rotatable bonds is 5. The van der Waals surface area contributed by atoms with E-state index in [9.17, 15) is 4.79 Å². The number of esters is 1. The van der Waals surface area contributed by atoms with Gasteiger partial charge < -0.3 is 4.74 Å². The van der Waals surface area contributed by atoms with Crippen LogP contribution in [0.1, 0.15) is 24.1 Å². The second-order valence-corrected chi connectivity index (χ2v) is 5.21. The molecule has 3 atom stereocenters. The first-order chi connectivity index (χ1) is 10.3. The lowest BCUT2D eigenvalue weighted by atomic mass is 10.1. The molecule has 1 aliphatic heterocycles. The van der Waals surface area contributed by atoms with E-state index in [1.54, 1.807) is 0 Å². The fourth-order valence-electron chi connectivity index (χ4n) is 2.78. The van der Waals surface area contributed by atoms with Gasteiger partial charge in [0.05, 0.1) is 12.6 Å². The fraction of sp³-hybridized carbons (Fsp3) is 0.278. The van der Waals surface area contributed by atoms with E-state index in [0.29, 0.717) is 6.61 Å². The number of hydrogen-bond donors (Lipinski definition) is 0. The molecular formula is C18H19NO2.